The van der Waals surface area contributed by atoms with Crippen LogP contribution >= 0.6 is 0 Å². The number of rotatable bonds is 7. The average Bonchev–Trinajstić information content (AvgIpc) is 3.01. The summed E-state index contributed by atoms with van der Waals surface area (Å²) in [4.78, 5) is 36.3. The number of hydrogen-bond acceptors (Lipinski definition) is 3. The number of amides is 3. The number of carbonyl (C=O) groups excluding carboxylic acids is 3. The molecule has 5 nitrogen and oxygen atoms in total. The van der Waals surface area contributed by atoms with Crippen molar-refractivity contribution in [1.29, 1.82) is 0 Å². The van der Waals surface area contributed by atoms with E-state index in [9.17, 15) is 14.4 Å². The summed E-state index contributed by atoms with van der Waals surface area (Å²) in [6, 6.07) is 7.02. The van der Waals surface area contributed by atoms with Gasteiger partial charge in [-0.25, -0.2) is 4.39 Å². The van der Waals surface area contributed by atoms with Crippen molar-refractivity contribution in [1.82, 2.24) is 10.2 Å². The summed E-state index contributed by atoms with van der Waals surface area (Å²) in [5, 5.41) is 2.78. The highest BCUT2D eigenvalue weighted by Crippen LogP contribution is 2.29. The number of nitrogens with zero attached hydrogens (tertiary/aromatic N) is 1. The molecule has 1 atom stereocenters. The van der Waals surface area contributed by atoms with Crippen LogP contribution in [-0.2, 0) is 16.0 Å². The third kappa shape index (κ3) is 5.86. The van der Waals surface area contributed by atoms with Crippen LogP contribution in [0.15, 0.2) is 48.6 Å². The third-order valence-electron chi connectivity index (χ3n) is 5.34. The summed E-state index contributed by atoms with van der Waals surface area (Å²) in [5.41, 5.74) is 0.0569. The minimum absolute atomic E-state index is 0.227. The van der Waals surface area contributed by atoms with Gasteiger partial charge in [0.1, 0.15) is 5.67 Å². The second-order valence-corrected chi connectivity index (χ2v) is 7.68. The van der Waals surface area contributed by atoms with Gasteiger partial charge in [-0.1, -0.05) is 30.7 Å². The van der Waals surface area contributed by atoms with Gasteiger partial charge in [0.2, 0.25) is 0 Å². The quantitative estimate of drug-likeness (QED) is 0.434. The lowest BCUT2D eigenvalue weighted by molar-refractivity contribution is -0.136. The highest BCUT2D eigenvalue weighted by atomic mass is 19.1. The third-order valence-corrected chi connectivity index (χ3v) is 5.34. The topological polar surface area (TPSA) is 66.5 Å². The predicted molar refractivity (Wildman–Crippen MR) is 109 cm³/mol. The summed E-state index contributed by atoms with van der Waals surface area (Å²) >= 11 is 0. The number of carbonyl (C=O) groups is 3. The normalized spacial score (nSPS) is 23.0. The van der Waals surface area contributed by atoms with Gasteiger partial charge in [-0.15, -0.1) is 0 Å². The largest absolute Gasteiger partial charge is 0.352 e. The van der Waals surface area contributed by atoms with E-state index in [1.807, 2.05) is 6.08 Å². The Balaban J connectivity index is 1.46. The average molecular weight is 398 g/mol. The van der Waals surface area contributed by atoms with Crippen molar-refractivity contribution in [2.24, 2.45) is 0 Å². The number of halogens is 1. The number of benzene rings is 1. The molecule has 1 unspecified atom stereocenters. The number of nitrogens with one attached hydrogen (secondary N) is 1. The van der Waals surface area contributed by atoms with Gasteiger partial charge >= 0.3 is 0 Å². The van der Waals surface area contributed by atoms with Crippen LogP contribution in [0.2, 0.25) is 0 Å². The summed E-state index contributed by atoms with van der Waals surface area (Å²) in [6.45, 7) is 0.631. The van der Waals surface area contributed by atoms with Gasteiger partial charge < -0.3 is 5.32 Å². The van der Waals surface area contributed by atoms with Gasteiger partial charge in [-0.3, -0.25) is 19.3 Å². The highest BCUT2D eigenvalue weighted by Gasteiger charge is 2.27. The molecule has 0 saturated heterocycles. The molecule has 3 rings (SSSR count). The van der Waals surface area contributed by atoms with Crippen LogP contribution in [0.5, 0.6) is 0 Å². The van der Waals surface area contributed by atoms with E-state index in [-0.39, 0.29) is 24.3 Å². The van der Waals surface area contributed by atoms with E-state index >= 15 is 4.39 Å². The lowest BCUT2D eigenvalue weighted by Crippen LogP contribution is -2.33. The molecule has 154 valence electrons. The molecule has 0 spiro atoms. The number of imide groups is 1. The lowest BCUT2D eigenvalue weighted by Gasteiger charge is -2.23. The Bertz CT molecular complexity index is 798. The fourth-order valence-corrected chi connectivity index (χ4v) is 3.69. The van der Waals surface area contributed by atoms with Crippen LogP contribution < -0.4 is 5.32 Å². The first-order valence-electron chi connectivity index (χ1n) is 10.2. The van der Waals surface area contributed by atoms with Gasteiger partial charge in [0.05, 0.1) is 0 Å². The molecule has 1 heterocycles. The van der Waals surface area contributed by atoms with Crippen molar-refractivity contribution in [2.45, 2.75) is 50.6 Å². The zero-order chi connectivity index (χ0) is 20.7. The first-order chi connectivity index (χ1) is 14.0. The second kappa shape index (κ2) is 9.63. The van der Waals surface area contributed by atoms with Crippen molar-refractivity contribution in [3.05, 3.63) is 59.7 Å². The molecule has 0 bridgehead atoms. The molecule has 1 aromatic carbocycles. The van der Waals surface area contributed by atoms with E-state index in [4.69, 9.17) is 0 Å². The van der Waals surface area contributed by atoms with E-state index in [2.05, 4.69) is 5.32 Å². The Hall–Kier alpha value is -2.76. The van der Waals surface area contributed by atoms with Crippen LogP contribution in [0.25, 0.3) is 0 Å². The first kappa shape index (κ1) is 21.0. The van der Waals surface area contributed by atoms with E-state index in [0.29, 0.717) is 31.4 Å². The molecule has 0 aromatic heterocycles. The van der Waals surface area contributed by atoms with Gasteiger partial charge in [0, 0.05) is 37.2 Å². The lowest BCUT2D eigenvalue weighted by atomic mass is 9.88. The van der Waals surface area contributed by atoms with Gasteiger partial charge in [-0.2, -0.15) is 0 Å². The Morgan fingerprint density at radius 3 is 2.52 bits per heavy atom. The molecule has 2 aliphatic rings. The number of allylic oxidation sites excluding steroid dienone is 2. The fraction of sp³-hybridized carbons (Fsp3) is 0.435. The van der Waals surface area contributed by atoms with Gasteiger partial charge in [-0.05, 0) is 49.8 Å². The van der Waals surface area contributed by atoms with Crippen molar-refractivity contribution < 1.29 is 18.8 Å². The highest BCUT2D eigenvalue weighted by molar-refractivity contribution is 6.12. The fourth-order valence-electron chi connectivity index (χ4n) is 3.69. The Morgan fingerprint density at radius 2 is 1.79 bits per heavy atom. The van der Waals surface area contributed by atoms with Gasteiger partial charge in [0.15, 0.2) is 0 Å². The van der Waals surface area contributed by atoms with E-state index < -0.39 is 5.67 Å². The predicted octanol–water partition coefficient (Wildman–Crippen LogP) is 3.50. The summed E-state index contributed by atoms with van der Waals surface area (Å²) in [7, 11) is 0. The van der Waals surface area contributed by atoms with Crippen LogP contribution in [0.1, 0.15) is 54.4 Å². The second-order valence-electron chi connectivity index (χ2n) is 7.68. The van der Waals surface area contributed by atoms with Crippen LogP contribution in [-0.4, -0.2) is 41.4 Å². The molecule has 1 aliphatic carbocycles. The summed E-state index contributed by atoms with van der Waals surface area (Å²) < 4.78 is 15.1. The molecule has 1 aromatic rings. The minimum atomic E-state index is -1.32. The van der Waals surface area contributed by atoms with Crippen molar-refractivity contribution in [3.63, 3.8) is 0 Å². The molecule has 6 heteroatoms. The molecule has 0 saturated carbocycles. The molecule has 0 radical (unpaired) electrons. The van der Waals surface area contributed by atoms with Crippen LogP contribution in [0.3, 0.4) is 0 Å². The van der Waals surface area contributed by atoms with E-state index in [0.717, 1.165) is 36.1 Å². The summed E-state index contributed by atoms with van der Waals surface area (Å²) in [6.07, 6.45) is 11.5. The maximum atomic E-state index is 15.1. The first-order valence-corrected chi connectivity index (χ1v) is 10.2. The smallest absolute Gasteiger partial charge is 0.253 e. The van der Waals surface area contributed by atoms with Crippen molar-refractivity contribution in [2.75, 3.05) is 13.1 Å². The Labute approximate surface area is 170 Å². The molecule has 0 fully saturated rings. The number of alkyl halides is 1. The summed E-state index contributed by atoms with van der Waals surface area (Å²) in [5.74, 6) is -0.863. The molecule has 1 N–H and O–H groups in total. The maximum absolute atomic E-state index is 15.1. The number of hydrogen-bond donors (Lipinski definition) is 1. The zero-order valence-electron chi connectivity index (χ0n) is 16.5. The SMILES string of the molecule is O=C(NCCCN1C(=O)C=CC1=O)c1ccc(CC2(F)/C=C\CCCCC2)cc1. The van der Waals surface area contributed by atoms with Crippen molar-refractivity contribution in [3.8, 4) is 0 Å². The molecule has 3 amide bonds. The monoisotopic (exact) mass is 398 g/mol. The Kier molecular flexibility index (Phi) is 6.96. The molecule has 29 heavy (non-hydrogen) atoms. The van der Waals surface area contributed by atoms with Crippen molar-refractivity contribution >= 4 is 17.7 Å². The van der Waals surface area contributed by atoms with Crippen LogP contribution in [0, 0.1) is 0 Å². The van der Waals surface area contributed by atoms with E-state index in [1.54, 1.807) is 30.3 Å². The molecular formula is C23H27FN2O3. The van der Waals surface area contributed by atoms with Gasteiger partial charge in [0.25, 0.3) is 17.7 Å². The standard InChI is InChI=1S/C23H27FN2O3/c24-23(13-4-2-1-3-5-14-23)17-18-7-9-19(10-8-18)22(29)25-15-6-16-26-20(27)11-12-21(26)28/h4,7-13H,1-3,5-6,14-17H2,(H,25,29)/b13-4-. The zero-order valence-corrected chi connectivity index (χ0v) is 16.5. The Morgan fingerprint density at radius 1 is 1.07 bits per heavy atom. The molecular weight excluding hydrogens is 371 g/mol. The minimum Gasteiger partial charge on any atom is -0.352 e. The molecule has 1 aliphatic heterocycles. The maximum Gasteiger partial charge on any atom is 0.253 e. The van der Waals surface area contributed by atoms with E-state index in [1.165, 1.54) is 12.2 Å². The van der Waals surface area contributed by atoms with Crippen LogP contribution in [0.4, 0.5) is 4.39 Å².